The van der Waals surface area contributed by atoms with E-state index in [2.05, 4.69) is 5.32 Å². The number of carbonyl (C=O) groups excluding carboxylic acids is 2. The number of anilines is 1. The molecular weight excluding hydrogens is 403 g/mol. The summed E-state index contributed by atoms with van der Waals surface area (Å²) in [6.45, 7) is 1.58. The Morgan fingerprint density at radius 3 is 2.46 bits per heavy atom. The first-order valence-electron chi connectivity index (χ1n) is 8.30. The van der Waals surface area contributed by atoms with Crippen molar-refractivity contribution in [3.8, 4) is 0 Å². The molecular formula is C20H16Cl2N2O4. The predicted octanol–water partition coefficient (Wildman–Crippen LogP) is 4.12. The molecule has 0 aliphatic heterocycles. The van der Waals surface area contributed by atoms with Crippen LogP contribution >= 0.6 is 23.2 Å². The molecule has 0 atom stereocenters. The molecule has 0 radical (unpaired) electrons. The van der Waals surface area contributed by atoms with Gasteiger partial charge in [-0.2, -0.15) is 0 Å². The van der Waals surface area contributed by atoms with Gasteiger partial charge in [-0.1, -0.05) is 40.9 Å². The van der Waals surface area contributed by atoms with Gasteiger partial charge in [0.25, 0.3) is 5.91 Å². The molecule has 0 saturated carbocycles. The van der Waals surface area contributed by atoms with Crippen LogP contribution in [0.25, 0.3) is 11.0 Å². The molecule has 2 amide bonds. The fourth-order valence-corrected chi connectivity index (χ4v) is 3.14. The molecule has 2 aromatic carbocycles. The second-order valence-electron chi connectivity index (χ2n) is 6.28. The van der Waals surface area contributed by atoms with Gasteiger partial charge >= 0.3 is 0 Å². The summed E-state index contributed by atoms with van der Waals surface area (Å²) in [5.74, 6) is -1.24. The van der Waals surface area contributed by atoms with Crippen LogP contribution in [0, 0.1) is 6.92 Å². The second kappa shape index (κ2) is 8.04. The third kappa shape index (κ3) is 4.18. The first-order chi connectivity index (χ1) is 13.3. The summed E-state index contributed by atoms with van der Waals surface area (Å²) in [6, 6.07) is 11.1. The minimum absolute atomic E-state index is 0.146. The quantitative estimate of drug-likeness (QED) is 0.690. The minimum atomic E-state index is -0.597. The zero-order chi connectivity index (χ0) is 20.4. The van der Waals surface area contributed by atoms with Gasteiger partial charge in [0.2, 0.25) is 5.91 Å². The number of rotatable bonds is 4. The number of carbonyl (C=O) groups is 2. The van der Waals surface area contributed by atoms with E-state index >= 15 is 0 Å². The Kier molecular flexibility index (Phi) is 5.72. The highest BCUT2D eigenvalue weighted by Crippen LogP contribution is 2.29. The zero-order valence-electron chi connectivity index (χ0n) is 15.1. The van der Waals surface area contributed by atoms with Crippen molar-refractivity contribution in [1.82, 2.24) is 4.90 Å². The van der Waals surface area contributed by atoms with Crippen LogP contribution in [0.1, 0.15) is 16.1 Å². The molecule has 1 N–H and O–H groups in total. The fourth-order valence-electron chi connectivity index (χ4n) is 2.65. The summed E-state index contributed by atoms with van der Waals surface area (Å²) < 4.78 is 5.55. The topological polar surface area (TPSA) is 79.6 Å². The van der Waals surface area contributed by atoms with Crippen LogP contribution in [-0.4, -0.2) is 30.3 Å². The molecule has 3 aromatic rings. The number of amides is 2. The molecule has 8 heteroatoms. The van der Waals surface area contributed by atoms with Crippen LogP contribution in [0.3, 0.4) is 0 Å². The van der Waals surface area contributed by atoms with Crippen LogP contribution < -0.4 is 10.7 Å². The summed E-state index contributed by atoms with van der Waals surface area (Å²) in [5.41, 5.74) is 1.16. The van der Waals surface area contributed by atoms with Crippen LogP contribution in [-0.2, 0) is 4.79 Å². The Bertz CT molecular complexity index is 1120. The molecule has 6 nitrogen and oxygen atoms in total. The van der Waals surface area contributed by atoms with E-state index in [1.807, 2.05) is 6.92 Å². The summed E-state index contributed by atoms with van der Waals surface area (Å²) in [4.78, 5) is 38.3. The van der Waals surface area contributed by atoms with Crippen molar-refractivity contribution in [1.29, 1.82) is 0 Å². The van der Waals surface area contributed by atoms with Crippen LogP contribution in [0.4, 0.5) is 5.69 Å². The fraction of sp³-hybridized carbons (Fsp3) is 0.150. The SMILES string of the molecule is Cc1ccc2oc(C(=O)N(C)CC(=O)Nc3c(Cl)cccc3Cl)cc(=O)c2c1. The molecule has 1 aromatic heterocycles. The van der Waals surface area contributed by atoms with E-state index in [1.54, 1.807) is 36.4 Å². The van der Waals surface area contributed by atoms with Gasteiger partial charge in [-0.25, -0.2) is 0 Å². The van der Waals surface area contributed by atoms with E-state index in [-0.39, 0.29) is 33.5 Å². The molecule has 0 spiro atoms. The van der Waals surface area contributed by atoms with E-state index in [1.165, 1.54) is 7.05 Å². The standard InChI is InChI=1S/C20H16Cl2N2O4/c1-11-6-7-16-12(8-11)15(25)9-17(28-16)20(27)24(2)10-18(26)23-19-13(21)4-3-5-14(19)22/h3-9H,10H2,1-2H3,(H,23,26). The highest BCUT2D eigenvalue weighted by molar-refractivity contribution is 6.39. The maximum Gasteiger partial charge on any atom is 0.289 e. The summed E-state index contributed by atoms with van der Waals surface area (Å²) in [7, 11) is 1.43. The van der Waals surface area contributed by atoms with Gasteiger partial charge in [0.15, 0.2) is 11.2 Å². The summed E-state index contributed by atoms with van der Waals surface area (Å²) in [5, 5.41) is 3.53. The number of nitrogens with one attached hydrogen (secondary N) is 1. The molecule has 0 bridgehead atoms. The van der Waals surface area contributed by atoms with Gasteiger partial charge in [0, 0.05) is 13.1 Å². The van der Waals surface area contributed by atoms with Crippen molar-refractivity contribution in [2.75, 3.05) is 18.9 Å². The van der Waals surface area contributed by atoms with Crippen LogP contribution in [0.5, 0.6) is 0 Å². The maximum absolute atomic E-state index is 12.6. The predicted molar refractivity (Wildman–Crippen MR) is 109 cm³/mol. The Balaban J connectivity index is 1.77. The average Bonchev–Trinajstić information content (AvgIpc) is 2.64. The monoisotopic (exact) mass is 418 g/mol. The lowest BCUT2D eigenvalue weighted by Gasteiger charge is -2.17. The number of hydrogen-bond donors (Lipinski definition) is 1. The lowest BCUT2D eigenvalue weighted by Crippen LogP contribution is -2.35. The average molecular weight is 419 g/mol. The first kappa shape index (κ1) is 19.9. The summed E-state index contributed by atoms with van der Waals surface area (Å²) in [6.07, 6.45) is 0. The third-order valence-electron chi connectivity index (χ3n) is 4.05. The first-order valence-corrected chi connectivity index (χ1v) is 9.05. The van der Waals surface area contributed by atoms with E-state index < -0.39 is 11.8 Å². The molecule has 1 heterocycles. The normalized spacial score (nSPS) is 10.7. The van der Waals surface area contributed by atoms with Crippen LogP contribution in [0.15, 0.2) is 51.7 Å². The molecule has 3 rings (SSSR count). The number of fused-ring (bicyclic) bond motifs is 1. The number of para-hydroxylation sites is 1. The molecule has 0 fully saturated rings. The van der Waals surface area contributed by atoms with E-state index in [9.17, 15) is 14.4 Å². The van der Waals surface area contributed by atoms with Gasteiger partial charge in [0.05, 0.1) is 27.7 Å². The number of halogens is 2. The van der Waals surface area contributed by atoms with E-state index in [0.29, 0.717) is 11.0 Å². The van der Waals surface area contributed by atoms with Crippen molar-refractivity contribution < 1.29 is 14.0 Å². The Morgan fingerprint density at radius 2 is 1.79 bits per heavy atom. The van der Waals surface area contributed by atoms with Gasteiger partial charge in [-0.05, 0) is 31.2 Å². The summed E-state index contributed by atoms with van der Waals surface area (Å²) >= 11 is 12.0. The Morgan fingerprint density at radius 1 is 1.11 bits per heavy atom. The highest BCUT2D eigenvalue weighted by atomic mass is 35.5. The van der Waals surface area contributed by atoms with Crippen LogP contribution in [0.2, 0.25) is 10.0 Å². The number of likely N-dealkylation sites (N-methyl/N-ethyl adjacent to an activating group) is 1. The molecule has 0 aliphatic carbocycles. The molecule has 0 unspecified atom stereocenters. The third-order valence-corrected chi connectivity index (χ3v) is 4.68. The lowest BCUT2D eigenvalue weighted by molar-refractivity contribution is -0.116. The molecule has 144 valence electrons. The maximum atomic E-state index is 12.6. The number of hydrogen-bond acceptors (Lipinski definition) is 4. The van der Waals surface area contributed by atoms with Crippen molar-refractivity contribution in [3.63, 3.8) is 0 Å². The smallest absolute Gasteiger partial charge is 0.289 e. The Labute approximate surface area is 170 Å². The largest absolute Gasteiger partial charge is 0.451 e. The number of nitrogens with zero attached hydrogens (tertiary/aromatic N) is 1. The lowest BCUT2D eigenvalue weighted by atomic mass is 10.1. The number of aryl methyl sites for hydroxylation is 1. The van der Waals surface area contributed by atoms with Gasteiger partial charge in [0.1, 0.15) is 5.58 Å². The second-order valence-corrected chi connectivity index (χ2v) is 7.09. The van der Waals surface area contributed by atoms with Crippen molar-refractivity contribution in [2.45, 2.75) is 6.92 Å². The van der Waals surface area contributed by atoms with Crippen molar-refractivity contribution in [2.24, 2.45) is 0 Å². The minimum Gasteiger partial charge on any atom is -0.451 e. The number of benzene rings is 2. The van der Waals surface area contributed by atoms with Gasteiger partial charge in [-0.15, -0.1) is 0 Å². The van der Waals surface area contributed by atoms with Gasteiger partial charge < -0.3 is 14.6 Å². The zero-order valence-corrected chi connectivity index (χ0v) is 16.6. The highest BCUT2D eigenvalue weighted by Gasteiger charge is 2.20. The van der Waals surface area contributed by atoms with E-state index in [4.69, 9.17) is 27.6 Å². The molecule has 0 saturated heterocycles. The van der Waals surface area contributed by atoms with E-state index in [0.717, 1.165) is 16.5 Å². The Hall–Kier alpha value is -2.83. The molecule has 28 heavy (non-hydrogen) atoms. The molecule has 0 aliphatic rings. The van der Waals surface area contributed by atoms with Gasteiger partial charge in [-0.3, -0.25) is 14.4 Å². The van der Waals surface area contributed by atoms with Crippen molar-refractivity contribution >= 4 is 51.7 Å². The van der Waals surface area contributed by atoms with Crippen molar-refractivity contribution in [3.05, 3.63) is 74.1 Å².